The zero-order valence-electron chi connectivity index (χ0n) is 13.0. The zero-order valence-corrected chi connectivity index (χ0v) is 15.3. The van der Waals surface area contributed by atoms with Crippen molar-refractivity contribution in [1.82, 2.24) is 25.4 Å². The number of nitrogens with zero attached hydrogens (tertiary/aromatic N) is 4. The third-order valence-corrected chi connectivity index (χ3v) is 4.00. The summed E-state index contributed by atoms with van der Waals surface area (Å²) in [4.78, 5) is 4.22. The molecule has 0 bridgehead atoms. The Hall–Kier alpha value is -0.860. The van der Waals surface area contributed by atoms with E-state index >= 15 is 0 Å². The van der Waals surface area contributed by atoms with E-state index in [0.717, 1.165) is 24.2 Å². The van der Waals surface area contributed by atoms with Crippen molar-refractivity contribution >= 4 is 29.9 Å². The minimum Gasteiger partial charge on any atom is -0.356 e. The van der Waals surface area contributed by atoms with Crippen LogP contribution < -0.4 is 10.6 Å². The zero-order chi connectivity index (χ0) is 14.2. The van der Waals surface area contributed by atoms with Gasteiger partial charge in [0, 0.05) is 20.6 Å². The van der Waals surface area contributed by atoms with Gasteiger partial charge in [-0.15, -0.1) is 34.2 Å². The Labute approximate surface area is 144 Å². The van der Waals surface area contributed by atoms with Crippen LogP contribution in [0.2, 0.25) is 0 Å². The van der Waals surface area contributed by atoms with Gasteiger partial charge >= 0.3 is 0 Å². The molecule has 1 aliphatic rings. The first-order chi connectivity index (χ1) is 9.79. The van der Waals surface area contributed by atoms with Gasteiger partial charge in [0.2, 0.25) is 0 Å². The number of aliphatic imine (C=N–C) groups is 1. The van der Waals surface area contributed by atoms with E-state index < -0.39 is 0 Å². The molecule has 1 aromatic rings. The van der Waals surface area contributed by atoms with Gasteiger partial charge in [-0.1, -0.05) is 25.7 Å². The highest BCUT2D eigenvalue weighted by Gasteiger charge is 2.14. The van der Waals surface area contributed by atoms with Crippen molar-refractivity contribution in [2.75, 3.05) is 13.6 Å². The summed E-state index contributed by atoms with van der Waals surface area (Å²) in [5.74, 6) is 2.70. The number of aromatic nitrogens is 3. The monoisotopic (exact) mass is 406 g/mol. The highest BCUT2D eigenvalue weighted by Crippen LogP contribution is 2.28. The molecule has 2 N–H and O–H groups in total. The van der Waals surface area contributed by atoms with Crippen molar-refractivity contribution in [3.63, 3.8) is 0 Å². The second-order valence-electron chi connectivity index (χ2n) is 5.50. The van der Waals surface area contributed by atoms with Crippen LogP contribution in [0.25, 0.3) is 0 Å². The van der Waals surface area contributed by atoms with Crippen LogP contribution in [0.1, 0.15) is 44.3 Å². The summed E-state index contributed by atoms with van der Waals surface area (Å²) < 4.78 is 1.90. The van der Waals surface area contributed by atoms with Gasteiger partial charge in [0.05, 0.1) is 6.54 Å². The highest BCUT2D eigenvalue weighted by molar-refractivity contribution is 14.0. The van der Waals surface area contributed by atoms with Crippen molar-refractivity contribution in [2.45, 2.75) is 45.1 Å². The molecule has 2 rings (SSSR count). The molecule has 0 radical (unpaired) electrons. The average molecular weight is 406 g/mol. The summed E-state index contributed by atoms with van der Waals surface area (Å²) in [5.41, 5.74) is 0. The second-order valence-corrected chi connectivity index (χ2v) is 5.50. The molecule has 0 saturated heterocycles. The van der Waals surface area contributed by atoms with Crippen molar-refractivity contribution < 1.29 is 0 Å². The van der Waals surface area contributed by atoms with Gasteiger partial charge in [-0.25, -0.2) is 0 Å². The van der Waals surface area contributed by atoms with E-state index in [-0.39, 0.29) is 24.0 Å². The summed E-state index contributed by atoms with van der Waals surface area (Å²) in [7, 11) is 3.73. The van der Waals surface area contributed by atoms with Crippen LogP contribution in [0.3, 0.4) is 0 Å². The lowest BCUT2D eigenvalue weighted by Gasteiger charge is -2.13. The molecule has 0 aliphatic heterocycles. The molecule has 1 heterocycles. The minimum absolute atomic E-state index is 0. The molecule has 120 valence electrons. The molecule has 0 amide bonds. The van der Waals surface area contributed by atoms with Crippen molar-refractivity contribution in [2.24, 2.45) is 18.0 Å². The van der Waals surface area contributed by atoms with E-state index in [1.165, 1.54) is 38.5 Å². The number of nitrogens with one attached hydrogen (secondary N) is 2. The Morgan fingerprint density at radius 1 is 1.38 bits per heavy atom. The van der Waals surface area contributed by atoms with Crippen molar-refractivity contribution in [3.8, 4) is 0 Å². The number of hydrogen-bond acceptors (Lipinski definition) is 3. The maximum Gasteiger partial charge on any atom is 0.191 e. The first kappa shape index (κ1) is 18.2. The van der Waals surface area contributed by atoms with E-state index in [1.807, 2.05) is 11.6 Å². The van der Waals surface area contributed by atoms with Crippen molar-refractivity contribution in [3.05, 3.63) is 12.2 Å². The molecule has 0 unspecified atom stereocenters. The molecule has 6 nitrogen and oxygen atoms in total. The standard InChI is InChI=1S/C14H26N6.HI/c1-15-14(17-10-13-19-18-11-20(13)2)16-9-5-8-12-6-3-4-7-12;/h11-12H,3-10H2,1-2H3,(H2,15,16,17);1H. The Bertz CT molecular complexity index is 425. The Balaban J connectivity index is 0.00000220. The van der Waals surface area contributed by atoms with Crippen LogP contribution in [0.4, 0.5) is 0 Å². The van der Waals surface area contributed by atoms with E-state index in [9.17, 15) is 0 Å². The summed E-state index contributed by atoms with van der Waals surface area (Å²) in [6.45, 7) is 1.62. The maximum absolute atomic E-state index is 4.22. The summed E-state index contributed by atoms with van der Waals surface area (Å²) in [5, 5.41) is 14.5. The first-order valence-electron chi connectivity index (χ1n) is 7.57. The third-order valence-electron chi connectivity index (χ3n) is 4.00. The fourth-order valence-electron chi connectivity index (χ4n) is 2.75. The quantitative estimate of drug-likeness (QED) is 0.329. The van der Waals surface area contributed by atoms with Crippen LogP contribution in [0.15, 0.2) is 11.3 Å². The smallest absolute Gasteiger partial charge is 0.191 e. The average Bonchev–Trinajstić information content (AvgIpc) is 3.10. The van der Waals surface area contributed by atoms with E-state index in [0.29, 0.717) is 6.54 Å². The predicted octanol–water partition coefficient (Wildman–Crippen LogP) is 2.07. The van der Waals surface area contributed by atoms with Gasteiger partial charge in [-0.05, 0) is 18.8 Å². The SMILES string of the molecule is CN=C(NCCCC1CCCC1)NCc1nncn1C.I. The molecule has 1 saturated carbocycles. The Kier molecular flexibility index (Phi) is 8.63. The van der Waals surface area contributed by atoms with Gasteiger partial charge in [0.25, 0.3) is 0 Å². The summed E-state index contributed by atoms with van der Waals surface area (Å²) >= 11 is 0. The van der Waals surface area contributed by atoms with Gasteiger partial charge in [-0.3, -0.25) is 4.99 Å². The third kappa shape index (κ3) is 6.19. The number of aryl methyl sites for hydroxylation is 1. The number of rotatable bonds is 6. The Morgan fingerprint density at radius 3 is 2.76 bits per heavy atom. The molecular weight excluding hydrogens is 379 g/mol. The van der Waals surface area contributed by atoms with Gasteiger partial charge < -0.3 is 15.2 Å². The Morgan fingerprint density at radius 2 is 2.14 bits per heavy atom. The van der Waals surface area contributed by atoms with Crippen LogP contribution in [0, 0.1) is 5.92 Å². The topological polar surface area (TPSA) is 67.1 Å². The van der Waals surface area contributed by atoms with E-state index in [2.05, 4.69) is 25.8 Å². The molecule has 0 atom stereocenters. The fourth-order valence-corrected chi connectivity index (χ4v) is 2.75. The second kappa shape index (κ2) is 9.97. The largest absolute Gasteiger partial charge is 0.356 e. The lowest BCUT2D eigenvalue weighted by molar-refractivity contribution is 0.481. The number of halogens is 1. The van der Waals surface area contributed by atoms with Crippen LogP contribution in [0.5, 0.6) is 0 Å². The molecule has 1 aromatic heterocycles. The molecule has 0 aromatic carbocycles. The molecule has 0 spiro atoms. The molecule has 21 heavy (non-hydrogen) atoms. The molecule has 1 aliphatic carbocycles. The lowest BCUT2D eigenvalue weighted by atomic mass is 10.0. The number of hydrogen-bond donors (Lipinski definition) is 2. The van der Waals surface area contributed by atoms with Crippen LogP contribution in [-0.4, -0.2) is 34.3 Å². The van der Waals surface area contributed by atoms with E-state index in [1.54, 1.807) is 13.4 Å². The van der Waals surface area contributed by atoms with Gasteiger partial charge in [-0.2, -0.15) is 0 Å². The highest BCUT2D eigenvalue weighted by atomic mass is 127. The predicted molar refractivity (Wildman–Crippen MR) is 95.8 cm³/mol. The van der Waals surface area contributed by atoms with Crippen molar-refractivity contribution in [1.29, 1.82) is 0 Å². The van der Waals surface area contributed by atoms with Gasteiger partial charge in [0.1, 0.15) is 6.33 Å². The van der Waals surface area contributed by atoms with E-state index in [4.69, 9.17) is 0 Å². The molecular formula is C14H27IN6. The summed E-state index contributed by atoms with van der Waals surface area (Å²) in [6, 6.07) is 0. The van der Waals surface area contributed by atoms with Gasteiger partial charge in [0.15, 0.2) is 11.8 Å². The normalized spacial score (nSPS) is 15.8. The van der Waals surface area contributed by atoms with Crippen LogP contribution in [-0.2, 0) is 13.6 Å². The fraction of sp³-hybridized carbons (Fsp3) is 0.786. The molecule has 7 heteroatoms. The van der Waals surface area contributed by atoms with Crippen LogP contribution >= 0.6 is 24.0 Å². The lowest BCUT2D eigenvalue weighted by Crippen LogP contribution is -2.37. The maximum atomic E-state index is 4.22. The summed E-state index contributed by atoms with van der Waals surface area (Å²) in [6.07, 6.45) is 9.98. The molecule has 1 fully saturated rings. The minimum atomic E-state index is 0. The number of guanidine groups is 1. The first-order valence-corrected chi connectivity index (χ1v) is 7.57.